The van der Waals surface area contributed by atoms with E-state index in [4.69, 9.17) is 4.74 Å². The van der Waals surface area contributed by atoms with Gasteiger partial charge < -0.3 is 14.8 Å². The molecule has 32 heavy (non-hydrogen) atoms. The number of nitrogens with zero attached hydrogens (tertiary/aromatic N) is 1. The Balaban J connectivity index is 1.41. The lowest BCUT2D eigenvalue weighted by molar-refractivity contribution is -0.119. The number of carbonyl (C=O) groups excluding carboxylic acids is 2. The molecule has 164 valence electrons. The largest absolute Gasteiger partial charge is 0.489 e. The number of rotatable bonds is 9. The van der Waals surface area contributed by atoms with E-state index in [0.717, 1.165) is 22.4 Å². The van der Waals surface area contributed by atoms with Crippen molar-refractivity contribution in [2.45, 2.75) is 13.5 Å². The molecule has 0 bridgehead atoms. The molecule has 0 heterocycles. The standard InChI is InChI=1S/C25H25N3O4/c1-18-3-11-22(12-4-18)26-16-24(29)28-27-15-19-7-13-23(14-8-19)32-17-20-5-9-21(10-6-20)25(30)31-2/h3-15,26H,16-17H2,1-2H3,(H,28,29)/b27-15+. The van der Waals surface area contributed by atoms with Gasteiger partial charge in [-0.1, -0.05) is 29.8 Å². The summed E-state index contributed by atoms with van der Waals surface area (Å²) in [6.45, 7) is 2.52. The zero-order valence-electron chi connectivity index (χ0n) is 18.0. The van der Waals surface area contributed by atoms with Crippen molar-refractivity contribution in [3.63, 3.8) is 0 Å². The van der Waals surface area contributed by atoms with Gasteiger partial charge in [-0.15, -0.1) is 0 Å². The Kier molecular flexibility index (Phi) is 7.97. The predicted molar refractivity (Wildman–Crippen MR) is 124 cm³/mol. The lowest BCUT2D eigenvalue weighted by Gasteiger charge is -2.07. The molecule has 0 radical (unpaired) electrons. The first-order chi connectivity index (χ1) is 15.5. The van der Waals surface area contributed by atoms with Crippen LogP contribution in [0.1, 0.15) is 27.0 Å². The number of carbonyl (C=O) groups is 2. The van der Waals surface area contributed by atoms with Gasteiger partial charge in [0.25, 0.3) is 5.91 Å². The van der Waals surface area contributed by atoms with Gasteiger partial charge in [-0.3, -0.25) is 4.79 Å². The van der Waals surface area contributed by atoms with Crippen LogP contribution in [0.2, 0.25) is 0 Å². The van der Waals surface area contributed by atoms with Crippen LogP contribution < -0.4 is 15.5 Å². The van der Waals surface area contributed by atoms with Crippen LogP contribution in [-0.2, 0) is 16.1 Å². The molecule has 3 rings (SSSR count). The van der Waals surface area contributed by atoms with E-state index in [9.17, 15) is 9.59 Å². The minimum Gasteiger partial charge on any atom is -0.489 e. The van der Waals surface area contributed by atoms with Gasteiger partial charge >= 0.3 is 5.97 Å². The first-order valence-corrected chi connectivity index (χ1v) is 10.1. The van der Waals surface area contributed by atoms with Crippen LogP contribution in [-0.4, -0.2) is 31.7 Å². The van der Waals surface area contributed by atoms with Crippen molar-refractivity contribution in [2.24, 2.45) is 5.10 Å². The van der Waals surface area contributed by atoms with Crippen LogP contribution >= 0.6 is 0 Å². The molecule has 0 saturated carbocycles. The van der Waals surface area contributed by atoms with Crippen molar-refractivity contribution in [2.75, 3.05) is 19.0 Å². The molecule has 3 aromatic rings. The van der Waals surface area contributed by atoms with Gasteiger partial charge in [0, 0.05) is 5.69 Å². The van der Waals surface area contributed by atoms with E-state index in [1.54, 1.807) is 18.3 Å². The van der Waals surface area contributed by atoms with Crippen molar-refractivity contribution < 1.29 is 19.1 Å². The second-order valence-electron chi connectivity index (χ2n) is 7.06. The molecule has 1 amide bonds. The third-order valence-corrected chi connectivity index (χ3v) is 4.57. The highest BCUT2D eigenvalue weighted by Gasteiger charge is 2.05. The monoisotopic (exact) mass is 431 g/mol. The summed E-state index contributed by atoms with van der Waals surface area (Å²) in [5.74, 6) is 0.0963. The lowest BCUT2D eigenvalue weighted by Crippen LogP contribution is -2.25. The molecule has 2 N–H and O–H groups in total. The summed E-state index contributed by atoms with van der Waals surface area (Å²) in [6.07, 6.45) is 1.57. The van der Waals surface area contributed by atoms with Crippen LogP contribution in [0.5, 0.6) is 5.75 Å². The summed E-state index contributed by atoms with van der Waals surface area (Å²) in [6, 6.07) is 22.2. The predicted octanol–water partition coefficient (Wildman–Crippen LogP) is 3.92. The van der Waals surface area contributed by atoms with Crippen molar-refractivity contribution in [3.8, 4) is 5.75 Å². The van der Waals surface area contributed by atoms with Crippen LogP contribution in [0.25, 0.3) is 0 Å². The Hall–Kier alpha value is -4.13. The summed E-state index contributed by atoms with van der Waals surface area (Å²) in [5.41, 5.74) is 6.80. The number of amides is 1. The minimum atomic E-state index is -0.367. The Morgan fingerprint density at radius 3 is 2.28 bits per heavy atom. The maximum atomic E-state index is 11.9. The van der Waals surface area contributed by atoms with Gasteiger partial charge in [-0.05, 0) is 66.6 Å². The quantitative estimate of drug-likeness (QED) is 0.305. The van der Waals surface area contributed by atoms with Crippen LogP contribution in [0.4, 0.5) is 5.69 Å². The van der Waals surface area contributed by atoms with Gasteiger partial charge in [0.05, 0.1) is 25.4 Å². The Morgan fingerprint density at radius 1 is 0.938 bits per heavy atom. The highest BCUT2D eigenvalue weighted by Crippen LogP contribution is 2.14. The fourth-order valence-electron chi connectivity index (χ4n) is 2.74. The number of nitrogens with one attached hydrogen (secondary N) is 2. The Bertz CT molecular complexity index is 1060. The average molecular weight is 431 g/mol. The fraction of sp³-hybridized carbons (Fsp3) is 0.160. The minimum absolute atomic E-state index is 0.133. The van der Waals surface area contributed by atoms with Gasteiger partial charge in [-0.2, -0.15) is 5.10 Å². The second kappa shape index (κ2) is 11.3. The van der Waals surface area contributed by atoms with Crippen molar-refractivity contribution in [1.82, 2.24) is 5.43 Å². The zero-order valence-corrected chi connectivity index (χ0v) is 18.0. The SMILES string of the molecule is COC(=O)c1ccc(COc2ccc(/C=N/NC(=O)CNc3ccc(C)cc3)cc2)cc1. The van der Waals surface area contributed by atoms with Crippen molar-refractivity contribution in [1.29, 1.82) is 0 Å². The molecule has 0 atom stereocenters. The van der Waals surface area contributed by atoms with E-state index in [-0.39, 0.29) is 18.4 Å². The van der Waals surface area contributed by atoms with E-state index in [1.807, 2.05) is 67.6 Å². The summed E-state index contributed by atoms with van der Waals surface area (Å²) in [7, 11) is 1.35. The molecule has 3 aromatic carbocycles. The van der Waals surface area contributed by atoms with E-state index >= 15 is 0 Å². The number of ether oxygens (including phenoxy) is 2. The topological polar surface area (TPSA) is 89.0 Å². The summed E-state index contributed by atoms with van der Waals surface area (Å²) < 4.78 is 10.4. The zero-order chi connectivity index (χ0) is 22.8. The third kappa shape index (κ3) is 6.98. The lowest BCUT2D eigenvalue weighted by atomic mass is 10.1. The van der Waals surface area contributed by atoms with Crippen LogP contribution in [0.15, 0.2) is 77.9 Å². The fourth-order valence-corrected chi connectivity index (χ4v) is 2.74. The third-order valence-electron chi connectivity index (χ3n) is 4.57. The summed E-state index contributed by atoms with van der Waals surface area (Å²) in [4.78, 5) is 23.3. The molecule has 0 unspecified atom stereocenters. The molecule has 0 aliphatic rings. The van der Waals surface area contributed by atoms with Crippen LogP contribution in [0.3, 0.4) is 0 Å². The van der Waals surface area contributed by atoms with Crippen LogP contribution in [0, 0.1) is 6.92 Å². The molecule has 0 fully saturated rings. The first-order valence-electron chi connectivity index (χ1n) is 10.1. The molecule has 7 nitrogen and oxygen atoms in total. The summed E-state index contributed by atoms with van der Waals surface area (Å²) in [5, 5.41) is 7.02. The number of hydrogen-bond acceptors (Lipinski definition) is 6. The highest BCUT2D eigenvalue weighted by molar-refractivity contribution is 5.89. The molecule has 0 spiro atoms. The van der Waals surface area contributed by atoms with E-state index in [0.29, 0.717) is 17.9 Å². The molecule has 0 saturated heterocycles. The molecule has 0 aliphatic heterocycles. The maximum Gasteiger partial charge on any atom is 0.337 e. The number of benzene rings is 3. The van der Waals surface area contributed by atoms with Gasteiger partial charge in [0.15, 0.2) is 0 Å². The number of esters is 1. The Labute approximate surface area is 187 Å². The maximum absolute atomic E-state index is 11.9. The number of aryl methyl sites for hydroxylation is 1. The van der Waals surface area contributed by atoms with Crippen molar-refractivity contribution in [3.05, 3.63) is 95.1 Å². The summed E-state index contributed by atoms with van der Waals surface area (Å²) >= 11 is 0. The first kappa shape index (κ1) is 22.6. The highest BCUT2D eigenvalue weighted by atomic mass is 16.5. The van der Waals surface area contributed by atoms with E-state index in [2.05, 4.69) is 20.6 Å². The van der Waals surface area contributed by atoms with Gasteiger partial charge in [0.2, 0.25) is 0 Å². The second-order valence-corrected chi connectivity index (χ2v) is 7.06. The smallest absolute Gasteiger partial charge is 0.337 e. The number of anilines is 1. The molecular formula is C25H25N3O4. The molecular weight excluding hydrogens is 406 g/mol. The van der Waals surface area contributed by atoms with Gasteiger partial charge in [0.1, 0.15) is 12.4 Å². The molecule has 0 aromatic heterocycles. The number of hydrogen-bond donors (Lipinski definition) is 2. The average Bonchev–Trinajstić information content (AvgIpc) is 2.83. The van der Waals surface area contributed by atoms with Crippen molar-refractivity contribution >= 4 is 23.8 Å². The number of hydrazone groups is 1. The van der Waals surface area contributed by atoms with E-state index < -0.39 is 0 Å². The molecule has 7 heteroatoms. The normalized spacial score (nSPS) is 10.6. The Morgan fingerprint density at radius 2 is 1.62 bits per heavy atom. The molecule has 0 aliphatic carbocycles. The van der Waals surface area contributed by atoms with Gasteiger partial charge in [-0.25, -0.2) is 10.2 Å². The number of methoxy groups -OCH3 is 1. The van der Waals surface area contributed by atoms with E-state index in [1.165, 1.54) is 7.11 Å².